The number of unbranched alkanes of at least 4 members (excludes halogenated alkanes) is 7. The van der Waals surface area contributed by atoms with Crippen molar-refractivity contribution in [3.63, 3.8) is 0 Å². The second kappa shape index (κ2) is 12.0. The van der Waals surface area contributed by atoms with E-state index in [-0.39, 0.29) is 18.1 Å². The maximum Gasteiger partial charge on any atom is 0.266 e. The largest absolute Gasteiger partial charge is 0.550 e. The van der Waals surface area contributed by atoms with Crippen LogP contribution in [0.2, 0.25) is 0 Å². The van der Waals surface area contributed by atoms with E-state index in [9.17, 15) is 19.1 Å². The minimum absolute atomic E-state index is 0.0766. The van der Waals surface area contributed by atoms with Gasteiger partial charge in [-0.3, -0.25) is 9.69 Å². The summed E-state index contributed by atoms with van der Waals surface area (Å²) in [7, 11) is 0. The molecule has 0 radical (unpaired) electrons. The number of rotatable bonds is 12. The summed E-state index contributed by atoms with van der Waals surface area (Å²) < 4.78 is 13.6. The highest BCUT2D eigenvalue weighted by atomic mass is 32.2. The summed E-state index contributed by atoms with van der Waals surface area (Å²) >= 11 is 6.62. The van der Waals surface area contributed by atoms with Gasteiger partial charge in [-0.15, -0.1) is 0 Å². The number of carboxylic acids is 1. The quantitative estimate of drug-likeness (QED) is 0.286. The topological polar surface area (TPSA) is 60.4 Å². The Balaban J connectivity index is 1.64. The Labute approximate surface area is 175 Å². The fourth-order valence-electron chi connectivity index (χ4n) is 3.00. The zero-order valence-electron chi connectivity index (χ0n) is 15.8. The highest BCUT2D eigenvalue weighted by Gasteiger charge is 2.31. The van der Waals surface area contributed by atoms with Crippen LogP contribution in [-0.2, 0) is 9.59 Å². The van der Waals surface area contributed by atoms with Crippen LogP contribution in [0.25, 0.3) is 6.08 Å². The number of hydrogen-bond donors (Lipinski definition) is 0. The number of carboxylic acid groups (broad SMARTS) is 1. The van der Waals surface area contributed by atoms with Gasteiger partial charge >= 0.3 is 0 Å². The molecule has 1 aliphatic rings. The van der Waals surface area contributed by atoms with E-state index >= 15 is 0 Å². The fraction of sp³-hybridized carbons (Fsp3) is 0.476. The van der Waals surface area contributed by atoms with E-state index in [4.69, 9.17) is 12.2 Å². The molecule has 152 valence electrons. The molecule has 0 saturated carbocycles. The summed E-state index contributed by atoms with van der Waals surface area (Å²) in [6, 6.07) is 6.02. The third-order valence-electron chi connectivity index (χ3n) is 4.55. The first-order valence-corrected chi connectivity index (χ1v) is 10.9. The van der Waals surface area contributed by atoms with Crippen LogP contribution in [0.1, 0.15) is 63.4 Å². The summed E-state index contributed by atoms with van der Waals surface area (Å²) in [5.74, 6) is -1.35. The van der Waals surface area contributed by atoms with E-state index in [1.165, 1.54) is 23.9 Å². The predicted octanol–water partition coefficient (Wildman–Crippen LogP) is 4.29. The second-order valence-corrected chi connectivity index (χ2v) is 8.51. The summed E-state index contributed by atoms with van der Waals surface area (Å²) in [5.41, 5.74) is 0.779. The predicted molar refractivity (Wildman–Crippen MR) is 113 cm³/mol. The number of carbonyl (C=O) groups excluding carboxylic acids is 2. The number of nitrogens with zero attached hydrogens (tertiary/aromatic N) is 1. The molecule has 4 nitrogen and oxygen atoms in total. The molecule has 0 N–H and O–H groups in total. The lowest BCUT2D eigenvalue weighted by Crippen LogP contribution is -2.29. The molecule has 0 bridgehead atoms. The highest BCUT2D eigenvalue weighted by Crippen LogP contribution is 2.32. The Morgan fingerprint density at radius 3 is 2.21 bits per heavy atom. The van der Waals surface area contributed by atoms with Gasteiger partial charge in [0, 0.05) is 12.5 Å². The van der Waals surface area contributed by atoms with Crippen LogP contribution in [0.4, 0.5) is 4.39 Å². The Kier molecular flexibility index (Phi) is 9.64. The van der Waals surface area contributed by atoms with E-state index in [1.54, 1.807) is 23.1 Å². The van der Waals surface area contributed by atoms with Gasteiger partial charge in [-0.05, 0) is 43.0 Å². The van der Waals surface area contributed by atoms with Gasteiger partial charge in [-0.1, -0.05) is 74.6 Å². The normalized spacial score (nSPS) is 15.6. The minimum Gasteiger partial charge on any atom is -0.550 e. The van der Waals surface area contributed by atoms with Crippen molar-refractivity contribution in [1.29, 1.82) is 0 Å². The third-order valence-corrected chi connectivity index (χ3v) is 5.93. The van der Waals surface area contributed by atoms with E-state index in [0.29, 0.717) is 22.2 Å². The summed E-state index contributed by atoms with van der Waals surface area (Å²) in [6.45, 7) is 0.622. The van der Waals surface area contributed by atoms with E-state index in [1.807, 2.05) is 0 Å². The molecule has 1 aromatic rings. The van der Waals surface area contributed by atoms with Crippen molar-refractivity contribution in [1.82, 2.24) is 4.90 Å². The summed E-state index contributed by atoms with van der Waals surface area (Å²) in [5, 5.41) is 10.3. The van der Waals surface area contributed by atoms with Crippen LogP contribution in [0, 0.1) is 5.82 Å². The number of thioether (sulfide) groups is 1. The number of benzene rings is 1. The Hall–Kier alpha value is -1.73. The molecular formula is C21H25FNO3S2-. The van der Waals surface area contributed by atoms with Gasteiger partial charge in [0.25, 0.3) is 5.91 Å². The van der Waals surface area contributed by atoms with Crippen molar-refractivity contribution >= 4 is 46.3 Å². The molecule has 1 heterocycles. The SMILES string of the molecule is O=C([O-])CCCCCCCCCCN1C(=O)/C(=C/c2ccc(F)cc2)SC1=S. The van der Waals surface area contributed by atoms with Gasteiger partial charge in [0.2, 0.25) is 0 Å². The van der Waals surface area contributed by atoms with Crippen molar-refractivity contribution in [2.75, 3.05) is 6.54 Å². The number of amides is 1. The first kappa shape index (κ1) is 22.6. The minimum atomic E-state index is -0.969. The summed E-state index contributed by atoms with van der Waals surface area (Å²) in [4.78, 5) is 25.1. The van der Waals surface area contributed by atoms with Crippen molar-refractivity contribution in [3.05, 3.63) is 40.6 Å². The van der Waals surface area contributed by atoms with Crippen molar-refractivity contribution < 1.29 is 19.1 Å². The highest BCUT2D eigenvalue weighted by molar-refractivity contribution is 8.26. The van der Waals surface area contributed by atoms with Gasteiger partial charge in [-0.2, -0.15) is 0 Å². The second-order valence-electron chi connectivity index (χ2n) is 6.84. The van der Waals surface area contributed by atoms with E-state index < -0.39 is 5.97 Å². The zero-order valence-corrected chi connectivity index (χ0v) is 17.5. The molecule has 1 saturated heterocycles. The molecule has 2 rings (SSSR count). The standard InChI is InChI=1S/C21H26FNO3S2/c22-17-12-10-16(11-13-17)15-18-20(26)23(21(27)28-18)14-8-6-4-2-1-3-5-7-9-19(24)25/h10-13,15H,1-9,14H2,(H,24,25)/p-1/b18-15-. The average molecular weight is 423 g/mol. The Morgan fingerprint density at radius 1 is 1.04 bits per heavy atom. The number of thiocarbonyl (C=S) groups is 1. The van der Waals surface area contributed by atoms with Gasteiger partial charge in [0.1, 0.15) is 10.1 Å². The van der Waals surface area contributed by atoms with Gasteiger partial charge in [-0.25, -0.2) is 4.39 Å². The zero-order chi connectivity index (χ0) is 20.4. The van der Waals surface area contributed by atoms with Crippen molar-refractivity contribution in [2.24, 2.45) is 0 Å². The van der Waals surface area contributed by atoms with Crippen LogP contribution in [0.5, 0.6) is 0 Å². The Bertz CT molecular complexity index is 719. The van der Waals surface area contributed by atoms with Crippen LogP contribution >= 0.6 is 24.0 Å². The smallest absolute Gasteiger partial charge is 0.266 e. The molecule has 1 amide bonds. The number of aliphatic carboxylic acids is 1. The van der Waals surface area contributed by atoms with Crippen LogP contribution in [-0.4, -0.2) is 27.6 Å². The van der Waals surface area contributed by atoms with Crippen LogP contribution in [0.15, 0.2) is 29.2 Å². The molecule has 0 atom stereocenters. The van der Waals surface area contributed by atoms with Crippen LogP contribution < -0.4 is 5.11 Å². The Morgan fingerprint density at radius 2 is 1.61 bits per heavy atom. The maximum atomic E-state index is 13.0. The molecular weight excluding hydrogens is 397 g/mol. The molecule has 1 aliphatic heterocycles. The summed E-state index contributed by atoms with van der Waals surface area (Å²) in [6.07, 6.45) is 9.85. The maximum absolute atomic E-state index is 13.0. The number of hydrogen-bond acceptors (Lipinski definition) is 5. The van der Waals surface area contributed by atoms with Gasteiger partial charge in [0.05, 0.1) is 4.91 Å². The lowest BCUT2D eigenvalue weighted by molar-refractivity contribution is -0.305. The van der Waals surface area contributed by atoms with Crippen LogP contribution in [0.3, 0.4) is 0 Å². The van der Waals surface area contributed by atoms with E-state index in [0.717, 1.165) is 50.5 Å². The first-order valence-electron chi connectivity index (χ1n) is 9.68. The van der Waals surface area contributed by atoms with Crippen molar-refractivity contribution in [2.45, 2.75) is 57.8 Å². The molecule has 0 unspecified atom stereocenters. The van der Waals surface area contributed by atoms with E-state index in [2.05, 4.69) is 0 Å². The van der Waals surface area contributed by atoms with Crippen molar-refractivity contribution in [3.8, 4) is 0 Å². The molecule has 0 aliphatic carbocycles. The monoisotopic (exact) mass is 422 g/mol. The number of carbonyl (C=O) groups is 2. The third kappa shape index (κ3) is 7.72. The lowest BCUT2D eigenvalue weighted by atomic mass is 10.1. The fourth-order valence-corrected chi connectivity index (χ4v) is 4.31. The molecule has 0 aromatic heterocycles. The lowest BCUT2D eigenvalue weighted by Gasteiger charge is -2.14. The van der Waals surface area contributed by atoms with Gasteiger partial charge < -0.3 is 9.90 Å². The molecule has 28 heavy (non-hydrogen) atoms. The molecule has 0 spiro atoms. The van der Waals surface area contributed by atoms with Gasteiger partial charge in [0.15, 0.2) is 0 Å². The first-order chi connectivity index (χ1) is 13.5. The molecule has 1 aromatic carbocycles. The molecule has 1 fully saturated rings. The average Bonchev–Trinajstić information content (AvgIpc) is 2.92. The molecule has 7 heteroatoms. The number of halogens is 1.